The third-order valence-electron chi connectivity index (χ3n) is 2.66. The molecule has 116 valence electrons. The summed E-state index contributed by atoms with van der Waals surface area (Å²) in [5.41, 5.74) is 5.53. The summed E-state index contributed by atoms with van der Waals surface area (Å²) in [6.07, 6.45) is 2.47. The summed E-state index contributed by atoms with van der Waals surface area (Å²) in [4.78, 5) is -0.188. The molecule has 0 heterocycles. The van der Waals surface area contributed by atoms with Crippen LogP contribution in [0.1, 0.15) is 26.2 Å². The Morgan fingerprint density at radius 2 is 2.05 bits per heavy atom. The van der Waals surface area contributed by atoms with Crippen LogP contribution in [-0.2, 0) is 10.0 Å². The summed E-state index contributed by atoms with van der Waals surface area (Å²) < 4.78 is 39.8. The maximum atomic E-state index is 13.2. The van der Waals surface area contributed by atoms with Gasteiger partial charge in [0.25, 0.3) is 0 Å². The lowest BCUT2D eigenvalue weighted by Crippen LogP contribution is -2.40. The number of hydrogen-bond acceptors (Lipinski definition) is 3. The van der Waals surface area contributed by atoms with E-state index in [1.807, 2.05) is 6.92 Å². The fraction of sp³-hybridized carbons (Fsp3) is 0.500. The Morgan fingerprint density at radius 1 is 1.40 bits per heavy atom. The molecule has 1 aromatic rings. The van der Waals surface area contributed by atoms with Gasteiger partial charge in [-0.25, -0.2) is 17.5 Å². The highest BCUT2D eigenvalue weighted by Crippen LogP contribution is 2.18. The Kier molecular flexibility index (Phi) is 8.62. The van der Waals surface area contributed by atoms with E-state index < -0.39 is 15.8 Å². The average Bonchev–Trinajstić information content (AvgIpc) is 2.33. The zero-order chi connectivity index (χ0) is 14.5. The number of benzene rings is 1. The molecule has 0 saturated carbocycles. The van der Waals surface area contributed by atoms with Crippen LogP contribution in [0.2, 0.25) is 5.02 Å². The van der Waals surface area contributed by atoms with Crippen molar-refractivity contribution in [3.63, 3.8) is 0 Å². The zero-order valence-electron chi connectivity index (χ0n) is 11.1. The van der Waals surface area contributed by atoms with Crippen molar-refractivity contribution in [1.82, 2.24) is 4.72 Å². The maximum absolute atomic E-state index is 13.2. The molecule has 1 atom stereocenters. The molecule has 1 rings (SSSR count). The molecule has 0 aliphatic carbocycles. The minimum absolute atomic E-state index is 0. The molecule has 4 nitrogen and oxygen atoms in total. The van der Waals surface area contributed by atoms with E-state index in [-0.39, 0.29) is 34.9 Å². The van der Waals surface area contributed by atoms with Crippen molar-refractivity contribution in [2.75, 3.05) is 6.54 Å². The van der Waals surface area contributed by atoms with E-state index in [0.29, 0.717) is 6.42 Å². The largest absolute Gasteiger partial charge is 0.329 e. The molecular weight excluding hydrogens is 326 g/mol. The van der Waals surface area contributed by atoms with Gasteiger partial charge in [0, 0.05) is 17.6 Å². The highest BCUT2D eigenvalue weighted by Gasteiger charge is 2.20. The zero-order valence-corrected chi connectivity index (χ0v) is 13.5. The van der Waals surface area contributed by atoms with Gasteiger partial charge in [-0.05, 0) is 24.6 Å². The number of unbranched alkanes of at least 4 members (excludes halogenated alkanes) is 1. The molecule has 0 saturated heterocycles. The minimum Gasteiger partial charge on any atom is -0.329 e. The standard InChI is InChI=1S/C12H18ClFN2O2S.ClH/c1-2-3-4-11(8-15)16-19(17,18)12-6-9(13)5-10(14)7-12;/h5-7,11,16H,2-4,8,15H2,1H3;1H. The van der Waals surface area contributed by atoms with Crippen molar-refractivity contribution in [2.24, 2.45) is 5.73 Å². The number of rotatable bonds is 7. The first kappa shape index (κ1) is 19.6. The Morgan fingerprint density at radius 3 is 2.55 bits per heavy atom. The first-order valence-electron chi connectivity index (χ1n) is 6.07. The number of nitrogens with one attached hydrogen (secondary N) is 1. The SMILES string of the molecule is CCCCC(CN)NS(=O)(=O)c1cc(F)cc(Cl)c1.Cl. The van der Waals surface area contributed by atoms with Crippen molar-refractivity contribution in [3.05, 3.63) is 29.0 Å². The van der Waals surface area contributed by atoms with Crippen LogP contribution in [0.25, 0.3) is 0 Å². The second-order valence-electron chi connectivity index (χ2n) is 4.30. The smallest absolute Gasteiger partial charge is 0.241 e. The van der Waals surface area contributed by atoms with Crippen molar-refractivity contribution in [1.29, 1.82) is 0 Å². The number of halogens is 3. The van der Waals surface area contributed by atoms with Crippen LogP contribution < -0.4 is 10.5 Å². The molecule has 0 aromatic heterocycles. The summed E-state index contributed by atoms with van der Waals surface area (Å²) in [6, 6.07) is 2.84. The third-order valence-corrected chi connectivity index (χ3v) is 4.38. The molecule has 0 fully saturated rings. The average molecular weight is 345 g/mol. The summed E-state index contributed by atoms with van der Waals surface area (Å²) in [5.74, 6) is -0.689. The van der Waals surface area contributed by atoms with E-state index in [1.54, 1.807) is 0 Å². The van der Waals surface area contributed by atoms with Crippen LogP contribution in [0.4, 0.5) is 4.39 Å². The van der Waals surface area contributed by atoms with Gasteiger partial charge < -0.3 is 5.73 Å². The summed E-state index contributed by atoms with van der Waals surface area (Å²) in [6.45, 7) is 2.21. The van der Waals surface area contributed by atoms with Gasteiger partial charge in [-0.1, -0.05) is 31.4 Å². The van der Waals surface area contributed by atoms with E-state index >= 15 is 0 Å². The van der Waals surface area contributed by atoms with Gasteiger partial charge in [0.15, 0.2) is 0 Å². The lowest BCUT2D eigenvalue weighted by Gasteiger charge is -2.16. The van der Waals surface area contributed by atoms with Crippen molar-refractivity contribution in [3.8, 4) is 0 Å². The lowest BCUT2D eigenvalue weighted by atomic mass is 10.1. The number of nitrogens with two attached hydrogens (primary N) is 1. The first-order valence-corrected chi connectivity index (χ1v) is 7.93. The number of hydrogen-bond donors (Lipinski definition) is 2. The van der Waals surface area contributed by atoms with Crippen molar-refractivity contribution in [2.45, 2.75) is 37.1 Å². The van der Waals surface area contributed by atoms with Gasteiger partial charge in [0.05, 0.1) is 4.90 Å². The highest BCUT2D eigenvalue weighted by atomic mass is 35.5. The number of sulfonamides is 1. The van der Waals surface area contributed by atoms with E-state index in [0.717, 1.165) is 25.0 Å². The molecule has 3 N–H and O–H groups in total. The molecule has 0 radical (unpaired) electrons. The maximum Gasteiger partial charge on any atom is 0.241 e. The van der Waals surface area contributed by atoms with Gasteiger partial charge in [-0.2, -0.15) is 0 Å². The highest BCUT2D eigenvalue weighted by molar-refractivity contribution is 7.89. The molecule has 0 spiro atoms. The van der Waals surface area contributed by atoms with Crippen LogP contribution in [0.5, 0.6) is 0 Å². The lowest BCUT2D eigenvalue weighted by molar-refractivity contribution is 0.515. The molecule has 20 heavy (non-hydrogen) atoms. The molecule has 1 unspecified atom stereocenters. The fourth-order valence-corrected chi connectivity index (χ4v) is 3.27. The Bertz CT molecular complexity index is 506. The Balaban J connectivity index is 0.00000361. The van der Waals surface area contributed by atoms with Gasteiger partial charge in [0.2, 0.25) is 10.0 Å². The predicted molar refractivity (Wildman–Crippen MR) is 81.3 cm³/mol. The van der Waals surface area contributed by atoms with Gasteiger partial charge in [-0.3, -0.25) is 0 Å². The summed E-state index contributed by atoms with van der Waals surface area (Å²) in [7, 11) is -3.80. The fourth-order valence-electron chi connectivity index (χ4n) is 1.65. The van der Waals surface area contributed by atoms with E-state index in [9.17, 15) is 12.8 Å². The molecule has 8 heteroatoms. The second-order valence-corrected chi connectivity index (χ2v) is 6.45. The van der Waals surface area contributed by atoms with Crippen LogP contribution in [-0.4, -0.2) is 21.0 Å². The van der Waals surface area contributed by atoms with Crippen molar-refractivity contribution < 1.29 is 12.8 Å². The normalized spacial score (nSPS) is 12.8. The second kappa shape index (κ2) is 8.79. The van der Waals surface area contributed by atoms with E-state index in [4.69, 9.17) is 17.3 Å². The van der Waals surface area contributed by atoms with Gasteiger partial charge in [-0.15, -0.1) is 12.4 Å². The Labute approximate surface area is 130 Å². The quantitative estimate of drug-likeness (QED) is 0.798. The van der Waals surface area contributed by atoms with Gasteiger partial charge in [0.1, 0.15) is 5.82 Å². The van der Waals surface area contributed by atoms with Crippen LogP contribution in [0, 0.1) is 5.82 Å². The molecular formula is C12H19Cl2FN2O2S. The molecule has 0 bridgehead atoms. The predicted octanol–water partition coefficient (Wildman–Crippen LogP) is 2.70. The Hall–Kier alpha value is -0.400. The first-order chi connectivity index (χ1) is 8.89. The van der Waals surface area contributed by atoms with Crippen LogP contribution in [0.3, 0.4) is 0 Å². The molecule has 0 aliphatic rings. The van der Waals surface area contributed by atoms with Crippen LogP contribution >= 0.6 is 24.0 Å². The van der Waals surface area contributed by atoms with E-state index in [1.165, 1.54) is 6.07 Å². The summed E-state index contributed by atoms with van der Waals surface area (Å²) in [5, 5.41) is 0.0400. The minimum atomic E-state index is -3.80. The third kappa shape index (κ3) is 5.93. The molecule has 1 aromatic carbocycles. The monoisotopic (exact) mass is 344 g/mol. The van der Waals surface area contributed by atoms with Crippen molar-refractivity contribution >= 4 is 34.0 Å². The molecule has 0 amide bonds. The van der Waals surface area contributed by atoms with Gasteiger partial charge >= 0.3 is 0 Å². The van der Waals surface area contributed by atoms with Crippen LogP contribution in [0.15, 0.2) is 23.1 Å². The van der Waals surface area contributed by atoms with E-state index in [2.05, 4.69) is 4.72 Å². The topological polar surface area (TPSA) is 72.2 Å². The summed E-state index contributed by atoms with van der Waals surface area (Å²) >= 11 is 5.65. The molecule has 0 aliphatic heterocycles.